The van der Waals surface area contributed by atoms with Gasteiger partial charge in [0.1, 0.15) is 5.01 Å². The summed E-state index contributed by atoms with van der Waals surface area (Å²) in [7, 11) is 0. The van der Waals surface area contributed by atoms with Crippen molar-refractivity contribution in [2.75, 3.05) is 11.4 Å². The molecular weight excluding hydrogens is 342 g/mol. The molecule has 2 aromatic rings. The van der Waals surface area contributed by atoms with Gasteiger partial charge in [-0.25, -0.2) is 4.98 Å². The number of aryl methyl sites for hydroxylation is 1. The topological polar surface area (TPSA) is 45.2 Å². The first-order valence-electron chi connectivity index (χ1n) is 9.57. The molecule has 1 aromatic carbocycles. The molecule has 1 fully saturated rings. The first kappa shape index (κ1) is 18.9. The standard InChI is InChI=1S/C21H29N3OS/c1-5-24(15(2)3)18-10-8-17(9-11-18)19(25)23-21(12-6-7-13-21)20-22-16(4)14-26-20/h8-11,14-15H,5-7,12-13H2,1-4H3,(H,23,25). The second-order valence-electron chi connectivity index (χ2n) is 7.46. The van der Waals surface area contributed by atoms with Gasteiger partial charge in [-0.3, -0.25) is 4.79 Å². The smallest absolute Gasteiger partial charge is 0.252 e. The van der Waals surface area contributed by atoms with Crippen LogP contribution in [0.4, 0.5) is 5.69 Å². The van der Waals surface area contributed by atoms with Gasteiger partial charge in [0.25, 0.3) is 5.91 Å². The highest BCUT2D eigenvalue weighted by atomic mass is 32.1. The Kier molecular flexibility index (Phi) is 5.66. The van der Waals surface area contributed by atoms with Crippen molar-refractivity contribution < 1.29 is 4.79 Å². The summed E-state index contributed by atoms with van der Waals surface area (Å²) in [5, 5.41) is 6.44. The Morgan fingerprint density at radius 1 is 1.27 bits per heavy atom. The van der Waals surface area contributed by atoms with Crippen LogP contribution < -0.4 is 10.2 Å². The van der Waals surface area contributed by atoms with Crippen LogP contribution >= 0.6 is 11.3 Å². The Morgan fingerprint density at radius 2 is 1.92 bits per heavy atom. The van der Waals surface area contributed by atoms with Crippen LogP contribution in [0.3, 0.4) is 0 Å². The Morgan fingerprint density at radius 3 is 2.42 bits per heavy atom. The van der Waals surface area contributed by atoms with Crippen LogP contribution in [0.5, 0.6) is 0 Å². The summed E-state index contributed by atoms with van der Waals surface area (Å²) in [6.45, 7) is 9.49. The molecule has 0 aliphatic heterocycles. The summed E-state index contributed by atoms with van der Waals surface area (Å²) >= 11 is 1.66. The molecule has 0 atom stereocenters. The van der Waals surface area contributed by atoms with Gasteiger partial charge in [0.05, 0.1) is 5.54 Å². The molecule has 0 bridgehead atoms. The van der Waals surface area contributed by atoms with E-state index < -0.39 is 0 Å². The van der Waals surface area contributed by atoms with Crippen molar-refractivity contribution in [3.05, 3.63) is 45.9 Å². The van der Waals surface area contributed by atoms with E-state index in [0.29, 0.717) is 11.6 Å². The predicted molar refractivity (Wildman–Crippen MR) is 109 cm³/mol. The minimum atomic E-state index is -0.290. The van der Waals surface area contributed by atoms with Gasteiger partial charge in [-0.2, -0.15) is 0 Å². The number of hydrogen-bond acceptors (Lipinski definition) is 4. The third kappa shape index (κ3) is 3.78. The Labute approximate surface area is 160 Å². The number of rotatable bonds is 6. The van der Waals surface area contributed by atoms with Crippen molar-refractivity contribution in [3.63, 3.8) is 0 Å². The first-order chi connectivity index (χ1) is 12.4. The molecule has 1 saturated carbocycles. The second-order valence-corrected chi connectivity index (χ2v) is 8.32. The summed E-state index contributed by atoms with van der Waals surface area (Å²) < 4.78 is 0. The molecule has 1 aliphatic carbocycles. The fraction of sp³-hybridized carbons (Fsp3) is 0.524. The molecule has 1 aromatic heterocycles. The zero-order valence-corrected chi connectivity index (χ0v) is 17.0. The van der Waals surface area contributed by atoms with Crippen LogP contribution in [0, 0.1) is 6.92 Å². The summed E-state index contributed by atoms with van der Waals surface area (Å²) in [5.41, 5.74) is 2.61. The summed E-state index contributed by atoms with van der Waals surface area (Å²) in [5.74, 6) is -0.00102. The number of benzene rings is 1. The van der Waals surface area contributed by atoms with E-state index in [-0.39, 0.29) is 11.4 Å². The molecule has 1 N–H and O–H groups in total. The van der Waals surface area contributed by atoms with Crippen LogP contribution in [0.25, 0.3) is 0 Å². The van der Waals surface area contributed by atoms with Crippen molar-refractivity contribution in [1.82, 2.24) is 10.3 Å². The minimum absolute atomic E-state index is 0.00102. The van der Waals surface area contributed by atoms with Gasteiger partial charge in [-0.1, -0.05) is 12.8 Å². The Hall–Kier alpha value is -1.88. The highest BCUT2D eigenvalue weighted by Crippen LogP contribution is 2.40. The fourth-order valence-corrected chi connectivity index (χ4v) is 4.90. The van der Waals surface area contributed by atoms with Crippen LogP contribution in [0.1, 0.15) is 67.5 Å². The van der Waals surface area contributed by atoms with Gasteiger partial charge in [-0.05, 0) is 64.8 Å². The van der Waals surface area contributed by atoms with Crippen LogP contribution in [0.2, 0.25) is 0 Å². The molecule has 0 spiro atoms. The average molecular weight is 372 g/mol. The largest absolute Gasteiger partial charge is 0.369 e. The molecule has 1 aliphatic rings. The van der Waals surface area contributed by atoms with Gasteiger partial charge in [0, 0.05) is 34.9 Å². The fourth-order valence-electron chi connectivity index (χ4n) is 3.88. The van der Waals surface area contributed by atoms with E-state index in [4.69, 9.17) is 0 Å². The average Bonchev–Trinajstić information content (AvgIpc) is 3.26. The molecule has 140 valence electrons. The number of nitrogens with one attached hydrogen (secondary N) is 1. The van der Waals surface area contributed by atoms with Gasteiger partial charge in [0.2, 0.25) is 0 Å². The lowest BCUT2D eigenvalue weighted by Crippen LogP contribution is -2.43. The lowest BCUT2D eigenvalue weighted by atomic mass is 9.97. The molecule has 1 heterocycles. The van der Waals surface area contributed by atoms with Gasteiger partial charge in [-0.15, -0.1) is 11.3 Å². The first-order valence-corrected chi connectivity index (χ1v) is 10.4. The monoisotopic (exact) mass is 371 g/mol. The van der Waals surface area contributed by atoms with Crippen LogP contribution in [-0.2, 0) is 5.54 Å². The van der Waals surface area contributed by atoms with Crippen LogP contribution in [-0.4, -0.2) is 23.5 Å². The van der Waals surface area contributed by atoms with Crippen LogP contribution in [0.15, 0.2) is 29.6 Å². The number of aromatic nitrogens is 1. The van der Waals surface area contributed by atoms with Crippen molar-refractivity contribution in [2.45, 2.75) is 65.0 Å². The quantitative estimate of drug-likeness (QED) is 0.787. The maximum absolute atomic E-state index is 12.9. The summed E-state index contributed by atoms with van der Waals surface area (Å²) in [6, 6.07) is 8.41. The molecule has 5 heteroatoms. The highest BCUT2D eigenvalue weighted by Gasteiger charge is 2.39. The third-order valence-electron chi connectivity index (χ3n) is 5.26. The number of hydrogen-bond donors (Lipinski definition) is 1. The van der Waals surface area contributed by atoms with E-state index in [0.717, 1.165) is 48.6 Å². The maximum atomic E-state index is 12.9. The lowest BCUT2D eigenvalue weighted by Gasteiger charge is -2.29. The SMILES string of the molecule is CCN(c1ccc(C(=O)NC2(c3nc(C)cs3)CCCC2)cc1)C(C)C. The minimum Gasteiger partial charge on any atom is -0.369 e. The molecule has 0 unspecified atom stereocenters. The molecular formula is C21H29N3OS. The van der Waals surface area contributed by atoms with E-state index in [1.54, 1.807) is 11.3 Å². The molecule has 3 rings (SSSR count). The number of nitrogens with zero attached hydrogens (tertiary/aromatic N) is 2. The molecule has 0 radical (unpaired) electrons. The summed E-state index contributed by atoms with van der Waals surface area (Å²) in [4.78, 5) is 19.9. The van der Waals surface area contributed by atoms with Crippen molar-refractivity contribution in [1.29, 1.82) is 0 Å². The highest BCUT2D eigenvalue weighted by molar-refractivity contribution is 7.09. The number of carbonyl (C=O) groups excluding carboxylic acids is 1. The second kappa shape index (κ2) is 7.78. The zero-order chi connectivity index (χ0) is 18.7. The molecule has 26 heavy (non-hydrogen) atoms. The Bertz CT molecular complexity index is 745. The molecule has 0 saturated heterocycles. The number of thiazole rings is 1. The van der Waals surface area contributed by atoms with E-state index >= 15 is 0 Å². The van der Waals surface area contributed by atoms with E-state index in [1.807, 2.05) is 31.2 Å². The normalized spacial score (nSPS) is 16.0. The van der Waals surface area contributed by atoms with Crippen molar-refractivity contribution in [3.8, 4) is 0 Å². The maximum Gasteiger partial charge on any atom is 0.252 e. The lowest BCUT2D eigenvalue weighted by molar-refractivity contribution is 0.0898. The summed E-state index contributed by atoms with van der Waals surface area (Å²) in [6.07, 6.45) is 4.22. The Balaban J connectivity index is 1.78. The predicted octanol–water partition coefficient (Wildman–Crippen LogP) is 4.89. The van der Waals surface area contributed by atoms with Crippen molar-refractivity contribution >= 4 is 22.9 Å². The van der Waals surface area contributed by atoms with E-state index in [1.165, 1.54) is 0 Å². The molecule has 1 amide bonds. The zero-order valence-electron chi connectivity index (χ0n) is 16.2. The van der Waals surface area contributed by atoms with E-state index in [9.17, 15) is 4.79 Å². The van der Waals surface area contributed by atoms with Crippen molar-refractivity contribution in [2.24, 2.45) is 0 Å². The van der Waals surface area contributed by atoms with Gasteiger partial charge < -0.3 is 10.2 Å². The van der Waals surface area contributed by atoms with Gasteiger partial charge in [0.15, 0.2) is 0 Å². The molecule has 4 nitrogen and oxygen atoms in total. The third-order valence-corrected chi connectivity index (χ3v) is 6.43. The van der Waals surface area contributed by atoms with E-state index in [2.05, 4.69) is 41.4 Å². The number of anilines is 1. The van der Waals surface area contributed by atoms with Gasteiger partial charge >= 0.3 is 0 Å². The number of amides is 1. The number of carbonyl (C=O) groups is 1.